The molecule has 3 rings (SSSR count). The highest BCUT2D eigenvalue weighted by molar-refractivity contribution is 7.89. The van der Waals surface area contributed by atoms with Gasteiger partial charge in [-0.2, -0.15) is 9.41 Å². The summed E-state index contributed by atoms with van der Waals surface area (Å²) in [5, 5.41) is 4.03. The van der Waals surface area contributed by atoms with Crippen molar-refractivity contribution >= 4 is 27.8 Å². The van der Waals surface area contributed by atoms with Gasteiger partial charge in [0.1, 0.15) is 0 Å². The van der Waals surface area contributed by atoms with E-state index in [2.05, 4.69) is 10.5 Å². The van der Waals surface area contributed by atoms with Gasteiger partial charge in [0, 0.05) is 26.3 Å². The van der Waals surface area contributed by atoms with Gasteiger partial charge in [0.15, 0.2) is 0 Å². The molecule has 0 aliphatic heterocycles. The second-order valence-electron chi connectivity index (χ2n) is 9.27. The molecule has 0 aliphatic carbocycles. The number of rotatable bonds is 9. The number of hydrogen-bond donors (Lipinski definition) is 1. The third-order valence-electron chi connectivity index (χ3n) is 5.81. The second kappa shape index (κ2) is 11.5. The van der Waals surface area contributed by atoms with Crippen molar-refractivity contribution in [3.63, 3.8) is 0 Å². The van der Waals surface area contributed by atoms with Crippen molar-refractivity contribution in [2.75, 3.05) is 25.5 Å². The van der Waals surface area contributed by atoms with Crippen LogP contribution in [-0.4, -0.2) is 45.5 Å². The average molecular weight is 507 g/mol. The van der Waals surface area contributed by atoms with E-state index in [0.717, 1.165) is 27.9 Å². The fourth-order valence-electron chi connectivity index (χ4n) is 4.06. The van der Waals surface area contributed by atoms with Gasteiger partial charge in [-0.15, -0.1) is 0 Å². The molecule has 0 atom stereocenters. The molecule has 0 saturated carbocycles. The molecule has 0 aromatic heterocycles. The Hall–Kier alpha value is -3.49. The Labute approximate surface area is 214 Å². The summed E-state index contributed by atoms with van der Waals surface area (Å²) >= 11 is 0. The van der Waals surface area contributed by atoms with Gasteiger partial charge >= 0.3 is 0 Å². The van der Waals surface area contributed by atoms with Crippen LogP contribution < -0.4 is 10.3 Å². The van der Waals surface area contributed by atoms with Gasteiger partial charge in [-0.25, -0.2) is 13.8 Å². The van der Waals surface area contributed by atoms with Crippen LogP contribution in [0.2, 0.25) is 0 Å². The van der Waals surface area contributed by atoms with Crippen molar-refractivity contribution < 1.29 is 13.2 Å². The van der Waals surface area contributed by atoms with Gasteiger partial charge in [-0.1, -0.05) is 59.7 Å². The van der Waals surface area contributed by atoms with Gasteiger partial charge in [-0.05, 0) is 62.1 Å². The fourth-order valence-corrected chi connectivity index (χ4v) is 5.85. The van der Waals surface area contributed by atoms with Gasteiger partial charge in [0.2, 0.25) is 10.0 Å². The molecule has 7 nitrogen and oxygen atoms in total. The quantitative estimate of drug-likeness (QED) is 0.346. The van der Waals surface area contributed by atoms with Crippen LogP contribution in [0.25, 0.3) is 0 Å². The highest BCUT2D eigenvalue weighted by atomic mass is 32.2. The average Bonchev–Trinajstić information content (AvgIpc) is 2.79. The highest BCUT2D eigenvalue weighted by Gasteiger charge is 2.30. The number of carbonyl (C=O) groups is 1. The van der Waals surface area contributed by atoms with E-state index >= 15 is 0 Å². The minimum atomic E-state index is -3.96. The minimum Gasteiger partial charge on any atom is -0.378 e. The standard InChI is InChI=1S/C28H34N4O3S/c1-20-7-9-25(10-8-20)18-32(36(34,35)28-22(3)15-21(2)16-23(28)4)19-27(33)30-29-17-24-11-13-26(14-12-24)31(5)6/h7-17H,18-19H2,1-6H3,(H,30,33)/b29-17+. The maximum atomic E-state index is 13.8. The molecule has 0 aliphatic rings. The highest BCUT2D eigenvalue weighted by Crippen LogP contribution is 2.26. The largest absolute Gasteiger partial charge is 0.378 e. The molecular formula is C28H34N4O3S. The van der Waals surface area contributed by atoms with Crippen molar-refractivity contribution in [2.45, 2.75) is 39.1 Å². The number of hydrazone groups is 1. The van der Waals surface area contributed by atoms with Crippen molar-refractivity contribution in [2.24, 2.45) is 5.10 Å². The van der Waals surface area contributed by atoms with E-state index in [1.807, 2.05) is 93.5 Å². The van der Waals surface area contributed by atoms with E-state index in [9.17, 15) is 13.2 Å². The number of benzene rings is 3. The number of nitrogens with one attached hydrogen (secondary N) is 1. The molecule has 0 spiro atoms. The molecular weight excluding hydrogens is 472 g/mol. The molecule has 3 aromatic rings. The zero-order chi connectivity index (χ0) is 26.5. The monoisotopic (exact) mass is 506 g/mol. The van der Waals surface area contributed by atoms with Gasteiger partial charge in [0.25, 0.3) is 5.91 Å². The fraction of sp³-hybridized carbons (Fsp3) is 0.286. The Bertz CT molecular complexity index is 1320. The van der Waals surface area contributed by atoms with Crippen LogP contribution >= 0.6 is 0 Å². The molecule has 3 aromatic carbocycles. The van der Waals surface area contributed by atoms with Gasteiger partial charge < -0.3 is 4.90 Å². The summed E-state index contributed by atoms with van der Waals surface area (Å²) in [6.45, 7) is 7.17. The lowest BCUT2D eigenvalue weighted by molar-refractivity contribution is -0.121. The van der Waals surface area contributed by atoms with E-state index in [1.165, 1.54) is 10.5 Å². The number of nitrogens with zero attached hydrogens (tertiary/aromatic N) is 3. The van der Waals surface area contributed by atoms with Gasteiger partial charge in [-0.3, -0.25) is 4.79 Å². The molecule has 0 unspecified atom stereocenters. The number of amides is 1. The first-order valence-electron chi connectivity index (χ1n) is 11.7. The Morgan fingerprint density at radius 1 is 0.889 bits per heavy atom. The lowest BCUT2D eigenvalue weighted by Gasteiger charge is -2.24. The zero-order valence-corrected chi connectivity index (χ0v) is 22.6. The number of anilines is 1. The maximum absolute atomic E-state index is 13.8. The molecule has 0 radical (unpaired) electrons. The number of aryl methyl sites for hydroxylation is 4. The topological polar surface area (TPSA) is 82.1 Å². The predicted octanol–water partition coefficient (Wildman–Crippen LogP) is 4.33. The first-order chi connectivity index (χ1) is 17.0. The Morgan fingerprint density at radius 2 is 1.47 bits per heavy atom. The Morgan fingerprint density at radius 3 is 2.03 bits per heavy atom. The molecule has 1 amide bonds. The first kappa shape index (κ1) is 27.1. The van der Waals surface area contributed by atoms with Crippen LogP contribution in [-0.2, 0) is 21.4 Å². The van der Waals surface area contributed by atoms with E-state index in [0.29, 0.717) is 11.1 Å². The van der Waals surface area contributed by atoms with E-state index in [-0.39, 0.29) is 18.0 Å². The molecule has 8 heteroatoms. The minimum absolute atomic E-state index is 0.0680. The number of hydrogen-bond acceptors (Lipinski definition) is 5. The van der Waals surface area contributed by atoms with Crippen molar-refractivity contribution in [1.82, 2.24) is 9.73 Å². The normalized spacial score (nSPS) is 11.8. The van der Waals surface area contributed by atoms with Crippen LogP contribution in [0.5, 0.6) is 0 Å². The SMILES string of the molecule is Cc1ccc(CN(CC(=O)N/N=C/c2ccc(N(C)C)cc2)S(=O)(=O)c2c(C)cc(C)cc2C)cc1. The summed E-state index contributed by atoms with van der Waals surface area (Å²) in [6, 6.07) is 19.0. The summed E-state index contributed by atoms with van der Waals surface area (Å²) in [5.74, 6) is -0.519. The summed E-state index contributed by atoms with van der Waals surface area (Å²) in [6.07, 6.45) is 1.53. The van der Waals surface area contributed by atoms with Crippen molar-refractivity contribution in [1.29, 1.82) is 0 Å². The smallest absolute Gasteiger partial charge is 0.255 e. The first-order valence-corrected chi connectivity index (χ1v) is 13.1. The van der Waals surface area contributed by atoms with Gasteiger partial charge in [0.05, 0.1) is 17.7 Å². The Balaban J connectivity index is 1.83. The van der Waals surface area contributed by atoms with Crippen LogP contribution in [0, 0.1) is 27.7 Å². The summed E-state index contributed by atoms with van der Waals surface area (Å²) < 4.78 is 28.8. The molecule has 190 valence electrons. The van der Waals surface area contributed by atoms with Crippen molar-refractivity contribution in [3.05, 3.63) is 94.0 Å². The lowest BCUT2D eigenvalue weighted by atomic mass is 10.1. The van der Waals surface area contributed by atoms with Crippen LogP contribution in [0.3, 0.4) is 0 Å². The van der Waals surface area contributed by atoms with Crippen LogP contribution in [0.15, 0.2) is 70.7 Å². The van der Waals surface area contributed by atoms with E-state index < -0.39 is 15.9 Å². The van der Waals surface area contributed by atoms with Crippen LogP contribution in [0.4, 0.5) is 5.69 Å². The number of sulfonamides is 1. The maximum Gasteiger partial charge on any atom is 0.255 e. The molecule has 0 saturated heterocycles. The Kier molecular flexibility index (Phi) is 8.66. The third-order valence-corrected chi connectivity index (χ3v) is 7.91. The van der Waals surface area contributed by atoms with E-state index in [4.69, 9.17) is 0 Å². The summed E-state index contributed by atoms with van der Waals surface area (Å²) in [7, 11) is -0.0414. The molecule has 36 heavy (non-hydrogen) atoms. The lowest BCUT2D eigenvalue weighted by Crippen LogP contribution is -2.39. The molecule has 0 bridgehead atoms. The van der Waals surface area contributed by atoms with Crippen molar-refractivity contribution in [3.8, 4) is 0 Å². The summed E-state index contributed by atoms with van der Waals surface area (Å²) in [5.41, 5.74) is 8.50. The summed E-state index contributed by atoms with van der Waals surface area (Å²) in [4.78, 5) is 15.0. The number of carbonyl (C=O) groups excluding carboxylic acids is 1. The molecule has 1 N–H and O–H groups in total. The molecule has 0 heterocycles. The predicted molar refractivity (Wildman–Crippen MR) is 146 cm³/mol. The molecule has 0 fully saturated rings. The van der Waals surface area contributed by atoms with Crippen LogP contribution in [0.1, 0.15) is 33.4 Å². The van der Waals surface area contributed by atoms with E-state index in [1.54, 1.807) is 13.8 Å². The zero-order valence-electron chi connectivity index (χ0n) is 21.7. The third kappa shape index (κ3) is 6.80. The second-order valence-corrected chi connectivity index (χ2v) is 11.1.